The zero-order valence-electron chi connectivity index (χ0n) is 13.7. The monoisotopic (exact) mass is 318 g/mol. The zero-order chi connectivity index (χ0) is 16.7. The Balaban J connectivity index is 2.32. The van der Waals surface area contributed by atoms with Crippen molar-refractivity contribution in [2.24, 2.45) is 5.92 Å². The highest BCUT2D eigenvalue weighted by Crippen LogP contribution is 2.22. The Morgan fingerprint density at radius 1 is 1.14 bits per heavy atom. The number of rotatable bonds is 8. The zero-order valence-corrected chi connectivity index (χ0v) is 13.7. The molecule has 6 nitrogen and oxygen atoms in total. The molecule has 1 heterocycles. The molecule has 2 unspecified atom stereocenters. The molecule has 22 heavy (non-hydrogen) atoms. The quantitative estimate of drug-likeness (QED) is 0.489. The maximum Gasteiger partial charge on any atom is 0.186 e. The minimum absolute atomic E-state index is 0.388. The lowest BCUT2D eigenvalue weighted by atomic mass is 9.99. The van der Waals surface area contributed by atoms with Crippen LogP contribution in [0.5, 0.6) is 0 Å². The summed E-state index contributed by atoms with van der Waals surface area (Å²) < 4.78 is 10.8. The van der Waals surface area contributed by atoms with Crippen LogP contribution in [-0.2, 0) is 9.47 Å². The van der Waals surface area contributed by atoms with Gasteiger partial charge in [0.25, 0.3) is 0 Å². The number of ether oxygens (including phenoxy) is 2. The summed E-state index contributed by atoms with van der Waals surface area (Å²) in [5.74, 6) is 0.473. The van der Waals surface area contributed by atoms with E-state index in [9.17, 15) is 15.3 Å². The Hall–Kier alpha value is -0.500. The van der Waals surface area contributed by atoms with Crippen LogP contribution in [0.3, 0.4) is 0 Å². The van der Waals surface area contributed by atoms with Gasteiger partial charge in [0, 0.05) is 0 Å². The highest BCUT2D eigenvalue weighted by Gasteiger charge is 2.43. The Bertz CT molecular complexity index is 340. The molecule has 0 radical (unpaired) electrons. The molecule has 1 saturated heterocycles. The molecule has 0 aromatic heterocycles. The molecule has 0 bridgehead atoms. The first-order chi connectivity index (χ1) is 10.4. The molecule has 1 aliphatic rings. The largest absolute Gasteiger partial charge is 0.394 e. The van der Waals surface area contributed by atoms with Crippen molar-refractivity contribution in [1.82, 2.24) is 0 Å². The van der Waals surface area contributed by atoms with E-state index in [0.29, 0.717) is 12.5 Å². The Labute approximate surface area is 132 Å². The minimum atomic E-state index is -1.38. The van der Waals surface area contributed by atoms with E-state index in [1.165, 1.54) is 5.57 Å². The fraction of sp³-hybridized carbons (Fsp3) is 0.875. The molecule has 0 amide bonds. The van der Waals surface area contributed by atoms with Crippen molar-refractivity contribution < 1.29 is 29.9 Å². The predicted octanol–water partition coefficient (Wildman–Crippen LogP) is 0.575. The normalized spacial score (nSPS) is 33.5. The first-order valence-electron chi connectivity index (χ1n) is 7.92. The number of aliphatic hydroxyl groups excluding tert-OH is 4. The molecule has 0 spiro atoms. The minimum Gasteiger partial charge on any atom is -0.394 e. The summed E-state index contributed by atoms with van der Waals surface area (Å²) in [6, 6.07) is 0. The second kappa shape index (κ2) is 9.60. The van der Waals surface area contributed by atoms with E-state index in [1.54, 1.807) is 0 Å². The molecule has 6 atom stereocenters. The third-order valence-corrected chi connectivity index (χ3v) is 3.95. The molecule has 6 heteroatoms. The van der Waals surface area contributed by atoms with Gasteiger partial charge in [0.2, 0.25) is 0 Å². The lowest BCUT2D eigenvalue weighted by Crippen LogP contribution is -2.59. The average molecular weight is 318 g/mol. The number of aliphatic hydroxyl groups is 4. The fourth-order valence-corrected chi connectivity index (χ4v) is 2.39. The van der Waals surface area contributed by atoms with Crippen molar-refractivity contribution in [3.63, 3.8) is 0 Å². The van der Waals surface area contributed by atoms with Crippen LogP contribution < -0.4 is 0 Å². The first-order valence-corrected chi connectivity index (χ1v) is 7.92. The van der Waals surface area contributed by atoms with Gasteiger partial charge in [-0.2, -0.15) is 0 Å². The van der Waals surface area contributed by atoms with E-state index in [-0.39, 0.29) is 0 Å². The van der Waals surface area contributed by atoms with Gasteiger partial charge in [-0.25, -0.2) is 0 Å². The van der Waals surface area contributed by atoms with Crippen molar-refractivity contribution in [2.45, 2.75) is 70.7 Å². The van der Waals surface area contributed by atoms with Crippen LogP contribution in [-0.4, -0.2) is 64.3 Å². The third kappa shape index (κ3) is 5.95. The number of hydrogen-bond acceptors (Lipinski definition) is 6. The van der Waals surface area contributed by atoms with Crippen LogP contribution in [0.15, 0.2) is 11.6 Å². The van der Waals surface area contributed by atoms with E-state index in [4.69, 9.17) is 14.6 Å². The molecule has 0 aliphatic carbocycles. The summed E-state index contributed by atoms with van der Waals surface area (Å²) in [7, 11) is 0. The molecule has 0 saturated carbocycles. The second-order valence-electron chi connectivity index (χ2n) is 6.32. The van der Waals surface area contributed by atoms with Gasteiger partial charge in [-0.05, 0) is 39.0 Å². The van der Waals surface area contributed by atoms with E-state index in [2.05, 4.69) is 26.8 Å². The molecule has 1 rings (SSSR count). The molecule has 0 aromatic rings. The molecule has 1 aliphatic heterocycles. The van der Waals surface area contributed by atoms with Gasteiger partial charge in [0.05, 0.1) is 13.2 Å². The maximum atomic E-state index is 9.84. The summed E-state index contributed by atoms with van der Waals surface area (Å²) in [5, 5.41) is 38.3. The van der Waals surface area contributed by atoms with Crippen molar-refractivity contribution in [2.75, 3.05) is 13.2 Å². The summed E-state index contributed by atoms with van der Waals surface area (Å²) in [4.78, 5) is 0. The van der Waals surface area contributed by atoms with Gasteiger partial charge in [0.1, 0.15) is 24.4 Å². The third-order valence-electron chi connectivity index (χ3n) is 3.95. The van der Waals surface area contributed by atoms with Crippen molar-refractivity contribution in [1.29, 1.82) is 0 Å². The molecule has 1 fully saturated rings. The Kier molecular flexibility index (Phi) is 8.53. The molecule has 130 valence electrons. The molecular weight excluding hydrogens is 288 g/mol. The van der Waals surface area contributed by atoms with Crippen LogP contribution in [0.25, 0.3) is 0 Å². The van der Waals surface area contributed by atoms with Gasteiger partial charge >= 0.3 is 0 Å². The summed E-state index contributed by atoms with van der Waals surface area (Å²) in [6.07, 6.45) is -0.889. The van der Waals surface area contributed by atoms with E-state index >= 15 is 0 Å². The van der Waals surface area contributed by atoms with Crippen LogP contribution in [0.1, 0.15) is 40.0 Å². The van der Waals surface area contributed by atoms with Crippen LogP contribution in [0.4, 0.5) is 0 Å². The average Bonchev–Trinajstić information content (AvgIpc) is 2.47. The van der Waals surface area contributed by atoms with E-state index in [1.807, 2.05) is 0 Å². The smallest absolute Gasteiger partial charge is 0.186 e. The highest BCUT2D eigenvalue weighted by atomic mass is 16.7. The summed E-state index contributed by atoms with van der Waals surface area (Å²) in [6.45, 7) is 6.23. The van der Waals surface area contributed by atoms with Gasteiger partial charge in [-0.1, -0.05) is 18.6 Å². The number of allylic oxidation sites excluding steroid dienone is 2. The lowest BCUT2D eigenvalue weighted by Gasteiger charge is -2.39. The van der Waals surface area contributed by atoms with E-state index in [0.717, 1.165) is 19.3 Å². The molecule has 4 N–H and O–H groups in total. The van der Waals surface area contributed by atoms with Crippen LogP contribution >= 0.6 is 0 Å². The molecule has 0 aromatic carbocycles. The fourth-order valence-electron chi connectivity index (χ4n) is 2.39. The SMILES string of the molecule is CC(C)=CCCC(C)CCOC1O[C@H](CO)[C@@H](O)[C@H](O)[C@H]1O. The highest BCUT2D eigenvalue weighted by molar-refractivity contribution is 4.92. The van der Waals surface area contributed by atoms with Crippen molar-refractivity contribution >= 4 is 0 Å². The molecular formula is C16H30O6. The van der Waals surface area contributed by atoms with Crippen LogP contribution in [0, 0.1) is 5.92 Å². The van der Waals surface area contributed by atoms with Gasteiger partial charge in [-0.15, -0.1) is 0 Å². The second-order valence-corrected chi connectivity index (χ2v) is 6.32. The Morgan fingerprint density at radius 3 is 2.41 bits per heavy atom. The Morgan fingerprint density at radius 2 is 1.82 bits per heavy atom. The standard InChI is InChI=1S/C16H30O6/c1-10(2)5-4-6-11(3)7-8-21-16-15(20)14(19)13(18)12(9-17)22-16/h5,11-20H,4,6-9H2,1-3H3/t11?,12-,13-,14+,15-,16?/m1/s1. The summed E-state index contributed by atoms with van der Waals surface area (Å²) >= 11 is 0. The van der Waals surface area contributed by atoms with E-state index < -0.39 is 37.3 Å². The van der Waals surface area contributed by atoms with Crippen LogP contribution in [0.2, 0.25) is 0 Å². The van der Waals surface area contributed by atoms with Gasteiger partial charge in [-0.3, -0.25) is 0 Å². The topological polar surface area (TPSA) is 99.4 Å². The number of hydrogen-bond donors (Lipinski definition) is 4. The van der Waals surface area contributed by atoms with Crippen molar-refractivity contribution in [3.8, 4) is 0 Å². The predicted molar refractivity (Wildman–Crippen MR) is 82.2 cm³/mol. The first kappa shape index (κ1) is 19.5. The lowest BCUT2D eigenvalue weighted by molar-refractivity contribution is -0.301. The summed E-state index contributed by atoms with van der Waals surface area (Å²) in [5.41, 5.74) is 1.31. The maximum absolute atomic E-state index is 9.84. The van der Waals surface area contributed by atoms with Gasteiger partial charge < -0.3 is 29.9 Å². The van der Waals surface area contributed by atoms with Crippen molar-refractivity contribution in [3.05, 3.63) is 11.6 Å². The van der Waals surface area contributed by atoms with Gasteiger partial charge in [0.15, 0.2) is 6.29 Å².